The van der Waals surface area contributed by atoms with Crippen LogP contribution in [0.4, 0.5) is 0 Å². The van der Waals surface area contributed by atoms with Crippen LogP contribution >= 0.6 is 11.3 Å². The lowest BCUT2D eigenvalue weighted by Gasteiger charge is -2.03. The highest BCUT2D eigenvalue weighted by Gasteiger charge is 2.15. The van der Waals surface area contributed by atoms with Crippen LogP contribution in [0.3, 0.4) is 0 Å². The Balaban J connectivity index is 2.48. The number of carbonyl (C=O) groups excluding carboxylic acids is 1. The average Bonchev–Trinajstić information content (AvgIpc) is 3.02. The van der Waals surface area contributed by atoms with Crippen molar-refractivity contribution in [3.8, 4) is 11.3 Å². The van der Waals surface area contributed by atoms with E-state index in [0.29, 0.717) is 4.88 Å². The molecular weight excluding hydrogens is 248 g/mol. The number of thiophene rings is 1. The van der Waals surface area contributed by atoms with E-state index in [9.17, 15) is 4.79 Å². The number of carbonyl (C=O) groups is 1. The Morgan fingerprint density at radius 3 is 3.06 bits per heavy atom. The molecule has 0 aliphatic rings. The van der Waals surface area contributed by atoms with Gasteiger partial charge in [0.25, 0.3) is 0 Å². The van der Waals surface area contributed by atoms with Crippen molar-refractivity contribution in [3.05, 3.63) is 34.7 Å². The first-order valence-corrected chi connectivity index (χ1v) is 6.44. The summed E-state index contributed by atoms with van der Waals surface area (Å²) in [5.74, 6) is -0.311. The predicted molar refractivity (Wildman–Crippen MR) is 72.6 cm³/mol. The van der Waals surface area contributed by atoms with E-state index in [1.54, 1.807) is 12.3 Å². The Hall–Kier alpha value is -1.88. The zero-order chi connectivity index (χ0) is 13.1. The summed E-state index contributed by atoms with van der Waals surface area (Å²) >= 11 is 1.37. The number of methoxy groups -OCH3 is 1. The lowest BCUT2D eigenvalue weighted by molar-refractivity contribution is 0.0606. The lowest BCUT2D eigenvalue weighted by Crippen LogP contribution is -1.99. The highest BCUT2D eigenvalue weighted by atomic mass is 32.1. The molecule has 0 saturated heterocycles. The molecule has 0 aliphatic heterocycles. The van der Waals surface area contributed by atoms with Gasteiger partial charge in [-0.25, -0.2) is 4.79 Å². The third kappa shape index (κ3) is 2.09. The van der Waals surface area contributed by atoms with Crippen LogP contribution in [0.2, 0.25) is 0 Å². The maximum atomic E-state index is 11.5. The molecule has 0 unspecified atom stereocenters. The second-order valence-corrected chi connectivity index (χ2v) is 4.57. The Bertz CT molecular complexity index is 584. The fourth-order valence-electron chi connectivity index (χ4n) is 1.77. The fourth-order valence-corrected chi connectivity index (χ4v) is 2.58. The highest BCUT2D eigenvalue weighted by molar-refractivity contribution is 7.12. The van der Waals surface area contributed by atoms with E-state index in [1.165, 1.54) is 18.4 Å². The van der Waals surface area contributed by atoms with E-state index in [1.807, 2.05) is 23.1 Å². The van der Waals surface area contributed by atoms with Gasteiger partial charge in [-0.2, -0.15) is 5.10 Å². The number of hydrogen-bond acceptors (Lipinski definition) is 4. The third-order valence-corrected chi connectivity index (χ3v) is 3.56. The minimum atomic E-state index is -0.311. The zero-order valence-corrected chi connectivity index (χ0v) is 11.2. The smallest absolute Gasteiger partial charge is 0.348 e. The largest absolute Gasteiger partial charge is 0.465 e. The van der Waals surface area contributed by atoms with Crippen LogP contribution in [0.25, 0.3) is 17.3 Å². The maximum absolute atomic E-state index is 11.5. The van der Waals surface area contributed by atoms with Crippen molar-refractivity contribution in [2.45, 2.75) is 13.5 Å². The van der Waals surface area contributed by atoms with Gasteiger partial charge in [0.05, 0.1) is 19.0 Å². The topological polar surface area (TPSA) is 44.1 Å². The van der Waals surface area contributed by atoms with Crippen LogP contribution in [0.1, 0.15) is 22.2 Å². The molecule has 0 radical (unpaired) electrons. The first-order chi connectivity index (χ1) is 8.71. The number of hydrogen-bond donors (Lipinski definition) is 0. The normalized spacial score (nSPS) is 10.3. The van der Waals surface area contributed by atoms with Crippen LogP contribution in [0.5, 0.6) is 0 Å². The van der Waals surface area contributed by atoms with Gasteiger partial charge in [0, 0.05) is 23.1 Å². The molecule has 0 spiro atoms. The van der Waals surface area contributed by atoms with E-state index in [4.69, 9.17) is 4.74 Å². The summed E-state index contributed by atoms with van der Waals surface area (Å²) in [6.45, 7) is 6.58. The fraction of sp³-hybridized carbons (Fsp3) is 0.231. The number of nitrogens with zero attached hydrogens (tertiary/aromatic N) is 2. The number of rotatable bonds is 4. The molecule has 0 saturated carbocycles. The molecule has 0 N–H and O–H groups in total. The monoisotopic (exact) mass is 262 g/mol. The Morgan fingerprint density at radius 2 is 2.44 bits per heavy atom. The van der Waals surface area contributed by atoms with E-state index in [-0.39, 0.29) is 5.97 Å². The lowest BCUT2D eigenvalue weighted by atomic mass is 10.1. The molecule has 2 aromatic heterocycles. The summed E-state index contributed by atoms with van der Waals surface area (Å²) in [5, 5.41) is 6.22. The Kier molecular flexibility index (Phi) is 3.62. The molecular formula is C13H14N2O2S. The van der Waals surface area contributed by atoms with Crippen molar-refractivity contribution in [1.82, 2.24) is 9.78 Å². The van der Waals surface area contributed by atoms with Crippen LogP contribution in [0.15, 0.2) is 24.2 Å². The SMILES string of the molecule is C=Cc1cnn(CC)c1-c1csc(C(=O)OC)c1. The molecule has 0 amide bonds. The van der Waals surface area contributed by atoms with Crippen molar-refractivity contribution >= 4 is 23.4 Å². The van der Waals surface area contributed by atoms with Gasteiger partial charge < -0.3 is 4.74 Å². The minimum absolute atomic E-state index is 0.311. The quantitative estimate of drug-likeness (QED) is 0.795. The molecule has 0 aliphatic carbocycles. The number of ether oxygens (including phenoxy) is 1. The number of aromatic nitrogens is 2. The molecule has 18 heavy (non-hydrogen) atoms. The van der Waals surface area contributed by atoms with E-state index >= 15 is 0 Å². The van der Waals surface area contributed by atoms with Gasteiger partial charge >= 0.3 is 5.97 Å². The summed E-state index contributed by atoms with van der Waals surface area (Å²) in [6.07, 6.45) is 3.55. The molecule has 0 atom stereocenters. The van der Waals surface area contributed by atoms with Crippen molar-refractivity contribution < 1.29 is 9.53 Å². The average molecular weight is 262 g/mol. The molecule has 2 aromatic rings. The van der Waals surface area contributed by atoms with Gasteiger partial charge in [-0.05, 0) is 13.0 Å². The molecule has 4 nitrogen and oxygen atoms in total. The predicted octanol–water partition coefficient (Wildman–Crippen LogP) is 3.06. The number of aryl methyl sites for hydroxylation is 1. The van der Waals surface area contributed by atoms with Crippen LogP contribution in [-0.2, 0) is 11.3 Å². The van der Waals surface area contributed by atoms with Gasteiger partial charge in [-0.15, -0.1) is 11.3 Å². The maximum Gasteiger partial charge on any atom is 0.348 e. The van der Waals surface area contributed by atoms with Crippen molar-refractivity contribution in [1.29, 1.82) is 0 Å². The summed E-state index contributed by atoms with van der Waals surface area (Å²) < 4.78 is 6.60. The van der Waals surface area contributed by atoms with Gasteiger partial charge in [-0.1, -0.05) is 12.7 Å². The molecule has 2 heterocycles. The standard InChI is InChI=1S/C13H14N2O2S/c1-4-9-7-14-15(5-2)12(9)10-6-11(18-8-10)13(16)17-3/h4,6-8H,1,5H2,2-3H3. The molecule has 94 valence electrons. The first kappa shape index (κ1) is 12.6. The summed E-state index contributed by atoms with van der Waals surface area (Å²) in [7, 11) is 1.38. The molecule has 0 bridgehead atoms. The van der Waals surface area contributed by atoms with Crippen LogP contribution in [0, 0.1) is 0 Å². The Labute approximate surface area is 110 Å². The van der Waals surface area contributed by atoms with Crippen molar-refractivity contribution in [3.63, 3.8) is 0 Å². The van der Waals surface area contributed by atoms with Gasteiger partial charge in [0.1, 0.15) is 4.88 Å². The van der Waals surface area contributed by atoms with Crippen molar-refractivity contribution in [2.75, 3.05) is 7.11 Å². The second-order valence-electron chi connectivity index (χ2n) is 3.66. The van der Waals surface area contributed by atoms with Gasteiger partial charge in [-0.3, -0.25) is 4.68 Å². The molecule has 5 heteroatoms. The van der Waals surface area contributed by atoms with Gasteiger partial charge in [0.15, 0.2) is 0 Å². The molecule has 0 fully saturated rings. The van der Waals surface area contributed by atoms with Crippen LogP contribution in [-0.4, -0.2) is 22.9 Å². The van der Waals surface area contributed by atoms with Gasteiger partial charge in [0.2, 0.25) is 0 Å². The van der Waals surface area contributed by atoms with Crippen molar-refractivity contribution in [2.24, 2.45) is 0 Å². The van der Waals surface area contributed by atoms with Crippen LogP contribution < -0.4 is 0 Å². The third-order valence-electron chi connectivity index (χ3n) is 2.65. The molecule has 0 aromatic carbocycles. The second kappa shape index (κ2) is 5.18. The first-order valence-electron chi connectivity index (χ1n) is 5.56. The highest BCUT2D eigenvalue weighted by Crippen LogP contribution is 2.29. The van der Waals surface area contributed by atoms with E-state index in [0.717, 1.165) is 23.4 Å². The summed E-state index contributed by atoms with van der Waals surface area (Å²) in [6, 6.07) is 1.83. The van der Waals surface area contributed by atoms with E-state index < -0.39 is 0 Å². The van der Waals surface area contributed by atoms with E-state index in [2.05, 4.69) is 11.7 Å². The summed E-state index contributed by atoms with van der Waals surface area (Å²) in [4.78, 5) is 12.0. The Morgan fingerprint density at radius 1 is 1.67 bits per heavy atom. The number of esters is 1. The summed E-state index contributed by atoms with van der Waals surface area (Å²) in [5.41, 5.74) is 2.92. The molecule has 2 rings (SSSR count). The zero-order valence-electron chi connectivity index (χ0n) is 10.3. The minimum Gasteiger partial charge on any atom is -0.465 e.